The van der Waals surface area contributed by atoms with E-state index in [0.29, 0.717) is 56.4 Å². The van der Waals surface area contributed by atoms with E-state index in [2.05, 4.69) is 5.32 Å². The van der Waals surface area contributed by atoms with Crippen molar-refractivity contribution < 1.29 is 17.9 Å². The molecule has 1 aromatic heterocycles. The fourth-order valence-corrected chi connectivity index (χ4v) is 6.77. The number of imidazole rings is 1. The molecule has 38 heavy (non-hydrogen) atoms. The van der Waals surface area contributed by atoms with Crippen LogP contribution in [-0.4, -0.2) is 54.1 Å². The zero-order valence-corrected chi connectivity index (χ0v) is 24.1. The summed E-state index contributed by atoms with van der Waals surface area (Å²) in [5.74, 6) is 0.277. The van der Waals surface area contributed by atoms with Crippen LogP contribution in [-0.2, 0) is 14.8 Å². The van der Waals surface area contributed by atoms with Crippen molar-refractivity contribution in [3.05, 3.63) is 70.7 Å². The average Bonchev–Trinajstić information content (AvgIpc) is 3.27. The molecule has 3 aromatic carbocycles. The smallest absolute Gasteiger partial charge is 0.243 e. The molecule has 0 aliphatic carbocycles. The summed E-state index contributed by atoms with van der Waals surface area (Å²) in [6, 6.07) is 17.2. The Balaban J connectivity index is 1.75. The lowest BCUT2D eigenvalue weighted by molar-refractivity contribution is -0.113. The van der Waals surface area contributed by atoms with Crippen molar-refractivity contribution in [3.63, 3.8) is 0 Å². The van der Waals surface area contributed by atoms with Crippen LogP contribution in [0.5, 0.6) is 5.75 Å². The van der Waals surface area contributed by atoms with E-state index in [9.17, 15) is 13.2 Å². The second kappa shape index (κ2) is 12.0. The van der Waals surface area contributed by atoms with Crippen molar-refractivity contribution in [1.82, 2.24) is 13.9 Å². The number of ether oxygens (including phenoxy) is 1. The summed E-state index contributed by atoms with van der Waals surface area (Å²) in [7, 11) is -2.11. The number of benzene rings is 3. The predicted octanol–water partition coefficient (Wildman–Crippen LogP) is 6.10. The molecule has 0 saturated heterocycles. The Morgan fingerprint density at radius 3 is 2.39 bits per heavy atom. The number of para-hydroxylation sites is 3. The Bertz CT molecular complexity index is 1570. The highest BCUT2D eigenvalue weighted by Gasteiger charge is 2.24. The number of sulfonamides is 1. The molecule has 0 aliphatic rings. The minimum atomic E-state index is -3.68. The van der Waals surface area contributed by atoms with Crippen LogP contribution in [0.25, 0.3) is 16.7 Å². The summed E-state index contributed by atoms with van der Waals surface area (Å²) in [5.41, 5.74) is 2.19. The van der Waals surface area contributed by atoms with Crippen molar-refractivity contribution in [2.24, 2.45) is 0 Å². The summed E-state index contributed by atoms with van der Waals surface area (Å²) < 4.78 is 35.1. The van der Waals surface area contributed by atoms with Gasteiger partial charge in [-0.15, -0.1) is 0 Å². The number of methoxy groups -OCH3 is 1. The maximum absolute atomic E-state index is 13.1. The molecule has 0 atom stereocenters. The van der Waals surface area contributed by atoms with Crippen LogP contribution in [0.2, 0.25) is 10.0 Å². The zero-order valence-electron chi connectivity index (χ0n) is 20.9. The normalized spacial score (nSPS) is 11.7. The number of aromatic nitrogens is 2. The van der Waals surface area contributed by atoms with Crippen LogP contribution in [0.4, 0.5) is 5.69 Å². The highest BCUT2D eigenvalue weighted by atomic mass is 35.5. The van der Waals surface area contributed by atoms with Crippen molar-refractivity contribution in [1.29, 1.82) is 0 Å². The van der Waals surface area contributed by atoms with E-state index in [1.54, 1.807) is 57.4 Å². The number of fused-ring (bicyclic) bond motifs is 1. The molecule has 1 amide bonds. The van der Waals surface area contributed by atoms with Crippen LogP contribution in [0.1, 0.15) is 13.8 Å². The quantitative estimate of drug-likeness (QED) is 0.223. The molecule has 0 unspecified atom stereocenters. The van der Waals surface area contributed by atoms with Gasteiger partial charge in [0.25, 0.3) is 0 Å². The first kappa shape index (κ1) is 28.3. The lowest BCUT2D eigenvalue weighted by atomic mass is 10.2. The predicted molar refractivity (Wildman–Crippen MR) is 154 cm³/mol. The molecular formula is C26H26Cl2N4O4S2. The molecule has 0 aliphatic heterocycles. The molecule has 0 bridgehead atoms. The molecule has 4 aromatic rings. The Kier molecular flexibility index (Phi) is 8.89. The maximum Gasteiger partial charge on any atom is 0.243 e. The van der Waals surface area contributed by atoms with Crippen LogP contribution >= 0.6 is 35.0 Å². The summed E-state index contributed by atoms with van der Waals surface area (Å²) >= 11 is 13.6. The van der Waals surface area contributed by atoms with Gasteiger partial charge in [-0.2, -0.15) is 4.31 Å². The Hall–Kier alpha value is -2.76. The molecule has 0 saturated carbocycles. The van der Waals surface area contributed by atoms with Gasteiger partial charge in [-0.1, -0.05) is 67.0 Å². The molecule has 1 N–H and O–H groups in total. The fourth-order valence-electron chi connectivity index (χ4n) is 3.98. The van der Waals surface area contributed by atoms with E-state index in [1.165, 1.54) is 16.1 Å². The summed E-state index contributed by atoms with van der Waals surface area (Å²) in [5, 5.41) is 3.90. The summed E-state index contributed by atoms with van der Waals surface area (Å²) in [6.45, 7) is 4.31. The van der Waals surface area contributed by atoms with Gasteiger partial charge in [0.2, 0.25) is 15.9 Å². The van der Waals surface area contributed by atoms with Gasteiger partial charge in [0, 0.05) is 13.1 Å². The molecule has 0 fully saturated rings. The first-order chi connectivity index (χ1) is 18.2. The van der Waals surface area contributed by atoms with Gasteiger partial charge in [0.15, 0.2) is 5.16 Å². The first-order valence-electron chi connectivity index (χ1n) is 11.7. The minimum Gasteiger partial charge on any atom is -0.495 e. The zero-order chi connectivity index (χ0) is 27.4. The lowest BCUT2D eigenvalue weighted by Gasteiger charge is -2.18. The number of thioether (sulfide) groups is 1. The molecule has 1 heterocycles. The van der Waals surface area contributed by atoms with Crippen molar-refractivity contribution in [2.45, 2.75) is 23.9 Å². The highest BCUT2D eigenvalue weighted by Crippen LogP contribution is 2.34. The monoisotopic (exact) mass is 592 g/mol. The largest absolute Gasteiger partial charge is 0.495 e. The number of nitrogens with zero attached hydrogens (tertiary/aromatic N) is 3. The van der Waals surface area contributed by atoms with Crippen molar-refractivity contribution >= 4 is 67.6 Å². The number of halogens is 2. The van der Waals surface area contributed by atoms with E-state index >= 15 is 0 Å². The third-order valence-electron chi connectivity index (χ3n) is 5.82. The lowest BCUT2D eigenvalue weighted by Crippen LogP contribution is -2.30. The van der Waals surface area contributed by atoms with E-state index in [1.807, 2.05) is 28.8 Å². The molecule has 8 nitrogen and oxygen atoms in total. The van der Waals surface area contributed by atoms with Gasteiger partial charge in [-0.25, -0.2) is 13.4 Å². The molecule has 200 valence electrons. The van der Waals surface area contributed by atoms with Crippen molar-refractivity contribution in [2.75, 3.05) is 31.3 Å². The van der Waals surface area contributed by atoms with Crippen LogP contribution in [0, 0.1) is 0 Å². The molecule has 4 rings (SSSR count). The van der Waals surface area contributed by atoms with Crippen LogP contribution in [0.15, 0.2) is 70.7 Å². The third kappa shape index (κ3) is 5.64. The summed E-state index contributed by atoms with van der Waals surface area (Å²) in [4.78, 5) is 17.7. The van der Waals surface area contributed by atoms with E-state index in [4.69, 9.17) is 32.9 Å². The van der Waals surface area contributed by atoms with Gasteiger partial charge in [0.1, 0.15) is 5.75 Å². The van der Waals surface area contributed by atoms with Crippen LogP contribution < -0.4 is 10.1 Å². The van der Waals surface area contributed by atoms with Gasteiger partial charge in [0.05, 0.1) is 50.2 Å². The fraction of sp³-hybridized carbons (Fsp3) is 0.231. The summed E-state index contributed by atoms with van der Waals surface area (Å²) in [6.07, 6.45) is 0. The van der Waals surface area contributed by atoms with Gasteiger partial charge in [-0.05, 0) is 42.5 Å². The Morgan fingerprint density at radius 1 is 1.05 bits per heavy atom. The molecule has 0 spiro atoms. The molecular weight excluding hydrogens is 567 g/mol. The third-order valence-corrected chi connectivity index (χ3v) is 9.44. The number of hydrogen-bond donors (Lipinski definition) is 1. The number of rotatable bonds is 10. The Morgan fingerprint density at radius 2 is 1.74 bits per heavy atom. The number of carbonyl (C=O) groups excluding carboxylic acids is 1. The van der Waals surface area contributed by atoms with Gasteiger partial charge >= 0.3 is 0 Å². The van der Waals surface area contributed by atoms with Gasteiger partial charge < -0.3 is 10.1 Å². The highest BCUT2D eigenvalue weighted by molar-refractivity contribution is 7.99. The van der Waals surface area contributed by atoms with Crippen molar-refractivity contribution in [3.8, 4) is 11.4 Å². The number of carbonyl (C=O) groups is 1. The molecule has 12 heteroatoms. The Labute approximate surface area is 235 Å². The number of anilines is 1. The van der Waals surface area contributed by atoms with Crippen LogP contribution in [0.3, 0.4) is 0 Å². The van der Waals surface area contributed by atoms with E-state index in [-0.39, 0.29) is 16.6 Å². The second-order valence-electron chi connectivity index (χ2n) is 8.07. The standard InChI is InChI=1S/C26H26Cl2N4O4S2/c1-4-31(5-2)38(34,35)17-13-14-21-20(15-17)29-26(32(21)22-11-6-7-12-23(22)36-3)37-16-24(33)30-25-18(27)9-8-10-19(25)28/h6-15H,4-5,16H2,1-3H3,(H,30,33). The van der Waals surface area contributed by atoms with E-state index < -0.39 is 10.0 Å². The second-order valence-corrected chi connectivity index (χ2v) is 11.8. The van der Waals surface area contributed by atoms with E-state index in [0.717, 1.165) is 0 Å². The first-order valence-corrected chi connectivity index (χ1v) is 14.9. The molecule has 0 radical (unpaired) electrons. The SMILES string of the molecule is CCN(CC)S(=O)(=O)c1ccc2c(c1)nc(SCC(=O)Nc1c(Cl)cccc1Cl)n2-c1ccccc1OC. The topological polar surface area (TPSA) is 93.5 Å². The minimum absolute atomic E-state index is 0.00459. The number of hydrogen-bond acceptors (Lipinski definition) is 6. The van der Waals surface area contributed by atoms with Gasteiger partial charge in [-0.3, -0.25) is 9.36 Å². The maximum atomic E-state index is 13.1. The number of nitrogens with one attached hydrogen (secondary N) is 1. The number of amides is 1. The average molecular weight is 594 g/mol.